The van der Waals surface area contributed by atoms with Crippen molar-refractivity contribution in [1.29, 1.82) is 0 Å². The van der Waals surface area contributed by atoms with Crippen molar-refractivity contribution in [1.82, 2.24) is 20.1 Å². The van der Waals surface area contributed by atoms with E-state index in [1.54, 1.807) is 6.07 Å². The van der Waals surface area contributed by atoms with E-state index in [-0.39, 0.29) is 11.6 Å². The minimum atomic E-state index is 0.0145. The number of Topliss-reactive ketones (excluding diaryl/α,β-unsaturated/α-hetero) is 2. The largest absolute Gasteiger partial charge is 0.353 e. The van der Waals surface area contributed by atoms with Crippen molar-refractivity contribution in [3.05, 3.63) is 52.5 Å². The summed E-state index contributed by atoms with van der Waals surface area (Å²) in [7, 11) is 0. The molecule has 0 N–H and O–H groups in total. The van der Waals surface area contributed by atoms with Crippen molar-refractivity contribution in [2.75, 3.05) is 31.1 Å². The predicted octanol–water partition coefficient (Wildman–Crippen LogP) is 2.71. The number of allylic oxidation sites excluding steroid dienone is 1. The number of aromatic nitrogens is 3. The lowest BCUT2D eigenvalue weighted by Crippen LogP contribution is -2.46. The topological polar surface area (TPSA) is 79.3 Å². The number of pyridine rings is 1. The zero-order chi connectivity index (χ0) is 21.1. The number of nitrogens with zero attached hydrogens (tertiary/aromatic N) is 5. The number of carbonyl (C=O) groups is 2. The van der Waals surface area contributed by atoms with Crippen LogP contribution >= 0.6 is 0 Å². The summed E-state index contributed by atoms with van der Waals surface area (Å²) in [6.45, 7) is 8.19. The average Bonchev–Trinajstić information content (AvgIpc) is 2.78. The van der Waals surface area contributed by atoms with E-state index in [0.29, 0.717) is 18.5 Å². The summed E-state index contributed by atoms with van der Waals surface area (Å²) < 4.78 is 0. The maximum absolute atomic E-state index is 12.2. The Balaban J connectivity index is 1.35. The van der Waals surface area contributed by atoms with Crippen molar-refractivity contribution in [2.24, 2.45) is 0 Å². The quantitative estimate of drug-likeness (QED) is 0.684. The van der Waals surface area contributed by atoms with E-state index in [4.69, 9.17) is 0 Å². The summed E-state index contributed by atoms with van der Waals surface area (Å²) in [6, 6.07) is 5.78. The van der Waals surface area contributed by atoms with Crippen LogP contribution in [0.4, 0.5) is 5.82 Å². The summed E-state index contributed by atoms with van der Waals surface area (Å²) in [5.74, 6) is 1.04. The van der Waals surface area contributed by atoms with Gasteiger partial charge in [0.05, 0.1) is 5.69 Å². The smallest absolute Gasteiger partial charge is 0.182 e. The van der Waals surface area contributed by atoms with E-state index in [1.165, 1.54) is 0 Å². The lowest BCUT2D eigenvalue weighted by Gasteiger charge is -2.35. The van der Waals surface area contributed by atoms with Gasteiger partial charge in [-0.15, -0.1) is 10.2 Å². The van der Waals surface area contributed by atoms with Gasteiger partial charge in [-0.1, -0.05) is 19.9 Å². The molecule has 4 rings (SSSR count). The molecule has 1 aliphatic carbocycles. The van der Waals surface area contributed by atoms with Gasteiger partial charge in [0.15, 0.2) is 17.4 Å². The first-order valence-corrected chi connectivity index (χ1v) is 10.6. The number of rotatable bonds is 6. The standard InChI is InChI=1S/C23H27N5O2/c1-3-17-12-20-18(13-22(17)30)11-16(14-24-20)15-27-7-9-28(10-8-27)23-6-5-19(25-26-23)21(29)4-2/h5-6,11-12,14H,3-4,7-10,13,15H2,1-2H3. The molecular formula is C23H27N5O2. The average molecular weight is 406 g/mol. The second kappa shape index (κ2) is 8.83. The maximum atomic E-state index is 12.2. The molecule has 1 aliphatic heterocycles. The number of hydrogen-bond donors (Lipinski definition) is 0. The molecule has 30 heavy (non-hydrogen) atoms. The molecule has 0 unspecified atom stereocenters. The van der Waals surface area contributed by atoms with Crippen molar-refractivity contribution >= 4 is 23.5 Å². The molecule has 1 fully saturated rings. The van der Waals surface area contributed by atoms with Gasteiger partial charge in [-0.3, -0.25) is 19.5 Å². The zero-order valence-corrected chi connectivity index (χ0v) is 17.6. The van der Waals surface area contributed by atoms with Gasteiger partial charge in [0.1, 0.15) is 5.69 Å². The molecule has 7 heteroatoms. The number of fused-ring (bicyclic) bond motifs is 1. The molecule has 3 heterocycles. The minimum Gasteiger partial charge on any atom is -0.353 e. The molecule has 2 aromatic rings. The van der Waals surface area contributed by atoms with Gasteiger partial charge in [0.25, 0.3) is 0 Å². The highest BCUT2D eigenvalue weighted by Crippen LogP contribution is 2.23. The van der Waals surface area contributed by atoms with E-state index in [2.05, 4.69) is 31.0 Å². The Kier molecular flexibility index (Phi) is 5.99. The Morgan fingerprint density at radius 1 is 1.10 bits per heavy atom. The Morgan fingerprint density at radius 2 is 1.90 bits per heavy atom. The molecule has 0 aromatic carbocycles. The number of piperazine rings is 1. The first-order valence-electron chi connectivity index (χ1n) is 10.6. The van der Waals surface area contributed by atoms with Crippen molar-refractivity contribution in [2.45, 2.75) is 39.7 Å². The molecule has 0 atom stereocenters. The van der Waals surface area contributed by atoms with Gasteiger partial charge in [0.2, 0.25) is 0 Å². The molecule has 0 amide bonds. The number of anilines is 1. The fourth-order valence-electron chi connectivity index (χ4n) is 3.98. The Labute approximate surface area is 176 Å². The predicted molar refractivity (Wildman–Crippen MR) is 115 cm³/mol. The van der Waals surface area contributed by atoms with Crippen LogP contribution < -0.4 is 4.90 Å². The Morgan fingerprint density at radius 3 is 2.57 bits per heavy atom. The van der Waals surface area contributed by atoms with Crippen molar-refractivity contribution in [3.8, 4) is 0 Å². The fraction of sp³-hybridized carbons (Fsp3) is 0.435. The first kappa shape index (κ1) is 20.3. The highest BCUT2D eigenvalue weighted by molar-refractivity contribution is 6.03. The van der Waals surface area contributed by atoms with Gasteiger partial charge < -0.3 is 4.90 Å². The molecule has 1 saturated heterocycles. The SMILES string of the molecule is CCC(=O)c1ccc(N2CCN(Cc3cnc4c(c3)CC(=O)C(CC)=C4)CC2)nn1. The number of hydrogen-bond acceptors (Lipinski definition) is 7. The second-order valence-electron chi connectivity index (χ2n) is 7.83. The van der Waals surface area contributed by atoms with Crippen LogP contribution in [0, 0.1) is 0 Å². The third kappa shape index (κ3) is 4.31. The van der Waals surface area contributed by atoms with Crippen LogP contribution in [0.3, 0.4) is 0 Å². The first-order chi connectivity index (χ1) is 14.6. The molecular weight excluding hydrogens is 378 g/mol. The molecule has 2 aromatic heterocycles. The molecule has 7 nitrogen and oxygen atoms in total. The van der Waals surface area contributed by atoms with E-state index in [1.807, 2.05) is 32.2 Å². The minimum absolute atomic E-state index is 0.0145. The Hall–Kier alpha value is -2.93. The van der Waals surface area contributed by atoms with Crippen molar-refractivity contribution in [3.63, 3.8) is 0 Å². The monoisotopic (exact) mass is 405 g/mol. The molecule has 2 aliphatic rings. The summed E-state index contributed by atoms with van der Waals surface area (Å²) in [5.41, 5.74) is 4.41. The molecule has 0 radical (unpaired) electrons. The van der Waals surface area contributed by atoms with Crippen LogP contribution in [0.25, 0.3) is 6.08 Å². The van der Waals surface area contributed by atoms with Gasteiger partial charge >= 0.3 is 0 Å². The van der Waals surface area contributed by atoms with Crippen molar-refractivity contribution < 1.29 is 9.59 Å². The molecule has 156 valence electrons. The molecule has 0 spiro atoms. The van der Waals surface area contributed by atoms with E-state index in [0.717, 1.165) is 67.4 Å². The summed E-state index contributed by atoms with van der Waals surface area (Å²) >= 11 is 0. The zero-order valence-electron chi connectivity index (χ0n) is 17.6. The van der Waals surface area contributed by atoms with Gasteiger partial charge in [-0.2, -0.15) is 0 Å². The van der Waals surface area contributed by atoms with E-state index in [9.17, 15) is 9.59 Å². The van der Waals surface area contributed by atoms with Crippen LogP contribution in [0.15, 0.2) is 30.0 Å². The maximum Gasteiger partial charge on any atom is 0.182 e. The lowest BCUT2D eigenvalue weighted by atomic mass is 9.92. The molecule has 0 bridgehead atoms. The normalized spacial score (nSPS) is 16.9. The van der Waals surface area contributed by atoms with Crippen LogP contribution in [0.1, 0.15) is 54.0 Å². The number of ketones is 2. The van der Waals surface area contributed by atoms with E-state index >= 15 is 0 Å². The Bertz CT molecular complexity index is 976. The fourth-order valence-corrected chi connectivity index (χ4v) is 3.98. The van der Waals surface area contributed by atoms with Crippen LogP contribution in [0.2, 0.25) is 0 Å². The lowest BCUT2D eigenvalue weighted by molar-refractivity contribution is -0.115. The second-order valence-corrected chi connectivity index (χ2v) is 7.83. The van der Waals surface area contributed by atoms with E-state index < -0.39 is 0 Å². The van der Waals surface area contributed by atoms with Gasteiger partial charge in [-0.25, -0.2) is 0 Å². The van der Waals surface area contributed by atoms with Gasteiger partial charge in [0, 0.05) is 51.8 Å². The number of carbonyl (C=O) groups excluding carboxylic acids is 2. The summed E-state index contributed by atoms with van der Waals surface area (Å²) in [6.07, 6.45) is 5.52. The van der Waals surface area contributed by atoms with Gasteiger partial charge in [-0.05, 0) is 41.3 Å². The van der Waals surface area contributed by atoms with Crippen LogP contribution in [0.5, 0.6) is 0 Å². The summed E-state index contributed by atoms with van der Waals surface area (Å²) in [5, 5.41) is 8.31. The van der Waals surface area contributed by atoms with Crippen LogP contribution in [-0.2, 0) is 17.8 Å². The van der Waals surface area contributed by atoms with Crippen LogP contribution in [-0.4, -0.2) is 57.8 Å². The third-order valence-corrected chi connectivity index (χ3v) is 5.82. The molecule has 0 saturated carbocycles. The third-order valence-electron chi connectivity index (χ3n) is 5.82. The highest BCUT2D eigenvalue weighted by Gasteiger charge is 2.21. The summed E-state index contributed by atoms with van der Waals surface area (Å²) in [4.78, 5) is 33.1. The highest BCUT2D eigenvalue weighted by atomic mass is 16.1.